The first-order valence-corrected chi connectivity index (χ1v) is 6.92. The monoisotopic (exact) mass is 335 g/mol. The molecular formula is C16H18ClN3O3. The van der Waals surface area contributed by atoms with Crippen LogP contribution in [0.1, 0.15) is 0 Å². The van der Waals surface area contributed by atoms with Gasteiger partial charge in [0.15, 0.2) is 5.65 Å². The summed E-state index contributed by atoms with van der Waals surface area (Å²) < 4.78 is 16.1. The van der Waals surface area contributed by atoms with Crippen molar-refractivity contribution in [2.75, 3.05) is 27.4 Å². The van der Waals surface area contributed by atoms with Crippen molar-refractivity contribution in [2.45, 2.75) is 0 Å². The molecule has 0 amide bonds. The van der Waals surface area contributed by atoms with Crippen molar-refractivity contribution in [3.05, 3.63) is 36.5 Å². The first kappa shape index (κ1) is 17.1. The molecule has 3 aromatic rings. The van der Waals surface area contributed by atoms with E-state index in [1.54, 1.807) is 20.4 Å². The number of nitrogens with one attached hydrogen (secondary N) is 1. The smallest absolute Gasteiger partial charge is 0.178 e. The van der Waals surface area contributed by atoms with Gasteiger partial charge in [0.05, 0.1) is 24.8 Å². The summed E-state index contributed by atoms with van der Waals surface area (Å²) in [4.78, 5) is 12.0. The largest absolute Gasteiger partial charge is 0.497 e. The second-order valence-corrected chi connectivity index (χ2v) is 4.66. The molecular weight excluding hydrogens is 318 g/mol. The predicted octanol–water partition coefficient (Wildman–Crippen LogP) is 3.08. The second-order valence-electron chi connectivity index (χ2n) is 4.66. The van der Waals surface area contributed by atoms with Crippen molar-refractivity contribution in [3.63, 3.8) is 0 Å². The SMILES string of the molecule is COCCOc1cc(OC)ccc1-c1nc2ncccc2[nH]1.Cl. The highest BCUT2D eigenvalue weighted by Gasteiger charge is 2.13. The quantitative estimate of drug-likeness (QED) is 0.701. The number of benzene rings is 1. The molecule has 1 aromatic carbocycles. The minimum Gasteiger partial charge on any atom is -0.497 e. The molecule has 0 atom stereocenters. The number of aromatic nitrogens is 3. The van der Waals surface area contributed by atoms with E-state index in [2.05, 4.69) is 15.0 Å². The molecule has 0 saturated heterocycles. The van der Waals surface area contributed by atoms with Crippen molar-refractivity contribution in [1.29, 1.82) is 0 Å². The average molecular weight is 336 g/mol. The van der Waals surface area contributed by atoms with Gasteiger partial charge >= 0.3 is 0 Å². The molecule has 2 heterocycles. The third-order valence-corrected chi connectivity index (χ3v) is 3.25. The zero-order chi connectivity index (χ0) is 15.4. The molecule has 0 bridgehead atoms. The fourth-order valence-electron chi connectivity index (χ4n) is 2.15. The van der Waals surface area contributed by atoms with Crippen LogP contribution in [0.25, 0.3) is 22.6 Å². The number of fused-ring (bicyclic) bond motifs is 1. The topological polar surface area (TPSA) is 69.3 Å². The van der Waals surface area contributed by atoms with Gasteiger partial charge in [-0.15, -0.1) is 12.4 Å². The summed E-state index contributed by atoms with van der Waals surface area (Å²) in [6.45, 7) is 0.966. The Morgan fingerprint density at radius 3 is 2.74 bits per heavy atom. The van der Waals surface area contributed by atoms with Crippen LogP contribution in [0.4, 0.5) is 0 Å². The number of pyridine rings is 1. The first-order valence-electron chi connectivity index (χ1n) is 6.92. The van der Waals surface area contributed by atoms with E-state index in [4.69, 9.17) is 14.2 Å². The Hall–Kier alpha value is -2.31. The zero-order valence-electron chi connectivity index (χ0n) is 12.9. The van der Waals surface area contributed by atoms with Crippen LogP contribution in [-0.4, -0.2) is 42.4 Å². The van der Waals surface area contributed by atoms with Gasteiger partial charge in [-0.2, -0.15) is 0 Å². The van der Waals surface area contributed by atoms with E-state index in [1.807, 2.05) is 30.3 Å². The molecule has 122 valence electrons. The summed E-state index contributed by atoms with van der Waals surface area (Å²) in [7, 11) is 3.26. The molecule has 0 aliphatic rings. The number of H-pyrrole nitrogens is 1. The lowest BCUT2D eigenvalue weighted by atomic mass is 10.2. The predicted molar refractivity (Wildman–Crippen MR) is 90.5 cm³/mol. The fourth-order valence-corrected chi connectivity index (χ4v) is 2.15. The Bertz CT molecular complexity index is 743. The van der Waals surface area contributed by atoms with E-state index in [0.717, 1.165) is 16.8 Å². The van der Waals surface area contributed by atoms with Gasteiger partial charge in [0.25, 0.3) is 0 Å². The molecule has 0 aliphatic heterocycles. The summed E-state index contributed by atoms with van der Waals surface area (Å²) in [5.74, 6) is 2.13. The van der Waals surface area contributed by atoms with Crippen LogP contribution in [0, 0.1) is 0 Å². The third kappa shape index (κ3) is 3.72. The lowest BCUT2D eigenvalue weighted by Gasteiger charge is -2.11. The minimum absolute atomic E-state index is 0. The molecule has 0 fully saturated rings. The Balaban J connectivity index is 0.00000192. The summed E-state index contributed by atoms with van der Waals surface area (Å²) in [5.41, 5.74) is 2.42. The number of rotatable bonds is 6. The molecule has 6 nitrogen and oxygen atoms in total. The van der Waals surface area contributed by atoms with Crippen LogP contribution >= 0.6 is 12.4 Å². The molecule has 1 N–H and O–H groups in total. The van der Waals surface area contributed by atoms with Crippen LogP contribution in [0.3, 0.4) is 0 Å². The van der Waals surface area contributed by atoms with E-state index in [9.17, 15) is 0 Å². The van der Waals surface area contributed by atoms with Gasteiger partial charge in [0.2, 0.25) is 0 Å². The van der Waals surface area contributed by atoms with E-state index < -0.39 is 0 Å². The molecule has 3 rings (SSSR count). The van der Waals surface area contributed by atoms with E-state index >= 15 is 0 Å². The van der Waals surface area contributed by atoms with Gasteiger partial charge in [-0.05, 0) is 24.3 Å². The summed E-state index contributed by atoms with van der Waals surface area (Å²) in [6.07, 6.45) is 1.72. The Labute approximate surface area is 140 Å². The van der Waals surface area contributed by atoms with E-state index in [0.29, 0.717) is 30.4 Å². The lowest BCUT2D eigenvalue weighted by Crippen LogP contribution is -2.05. The van der Waals surface area contributed by atoms with Crippen LogP contribution in [0.2, 0.25) is 0 Å². The normalized spacial score (nSPS) is 10.3. The highest BCUT2D eigenvalue weighted by atomic mass is 35.5. The van der Waals surface area contributed by atoms with Crippen molar-refractivity contribution >= 4 is 23.6 Å². The number of ether oxygens (including phenoxy) is 3. The van der Waals surface area contributed by atoms with Crippen molar-refractivity contribution in [3.8, 4) is 22.9 Å². The maximum Gasteiger partial charge on any atom is 0.178 e. The first-order chi connectivity index (χ1) is 10.8. The van der Waals surface area contributed by atoms with Crippen LogP contribution in [-0.2, 0) is 4.74 Å². The van der Waals surface area contributed by atoms with E-state index in [-0.39, 0.29) is 12.4 Å². The minimum atomic E-state index is 0. The number of nitrogens with zero attached hydrogens (tertiary/aromatic N) is 2. The standard InChI is InChI=1S/C16H17N3O3.ClH/c1-20-8-9-22-14-10-11(21-2)5-6-12(14)15-18-13-4-3-7-17-16(13)19-15;/h3-7,10H,8-9H2,1-2H3,(H,17,18,19);1H. The highest BCUT2D eigenvalue weighted by molar-refractivity contribution is 5.85. The maximum atomic E-state index is 5.79. The Morgan fingerprint density at radius 1 is 1.13 bits per heavy atom. The average Bonchev–Trinajstić information content (AvgIpc) is 2.98. The highest BCUT2D eigenvalue weighted by Crippen LogP contribution is 2.32. The Morgan fingerprint density at radius 2 is 2.00 bits per heavy atom. The van der Waals surface area contributed by atoms with Gasteiger partial charge in [0.1, 0.15) is 23.9 Å². The van der Waals surface area contributed by atoms with Crippen molar-refractivity contribution < 1.29 is 14.2 Å². The van der Waals surface area contributed by atoms with Crippen molar-refractivity contribution in [2.24, 2.45) is 0 Å². The molecule has 0 aliphatic carbocycles. The molecule has 0 unspecified atom stereocenters. The van der Waals surface area contributed by atoms with Gasteiger partial charge in [-0.3, -0.25) is 0 Å². The lowest BCUT2D eigenvalue weighted by molar-refractivity contribution is 0.146. The van der Waals surface area contributed by atoms with Gasteiger partial charge in [-0.25, -0.2) is 9.97 Å². The fraction of sp³-hybridized carbons (Fsp3) is 0.250. The number of imidazole rings is 1. The van der Waals surface area contributed by atoms with Gasteiger partial charge in [0, 0.05) is 19.4 Å². The molecule has 23 heavy (non-hydrogen) atoms. The van der Waals surface area contributed by atoms with Crippen LogP contribution in [0.5, 0.6) is 11.5 Å². The number of methoxy groups -OCH3 is 2. The van der Waals surface area contributed by atoms with Crippen LogP contribution < -0.4 is 9.47 Å². The van der Waals surface area contributed by atoms with Crippen LogP contribution in [0.15, 0.2) is 36.5 Å². The number of hydrogen-bond donors (Lipinski definition) is 1. The number of halogens is 1. The summed E-state index contributed by atoms with van der Waals surface area (Å²) in [6, 6.07) is 9.44. The van der Waals surface area contributed by atoms with E-state index in [1.165, 1.54) is 0 Å². The zero-order valence-corrected chi connectivity index (χ0v) is 13.7. The summed E-state index contributed by atoms with van der Waals surface area (Å²) in [5, 5.41) is 0. The van der Waals surface area contributed by atoms with Crippen molar-refractivity contribution in [1.82, 2.24) is 15.0 Å². The summed E-state index contributed by atoms with van der Waals surface area (Å²) >= 11 is 0. The van der Waals surface area contributed by atoms with Gasteiger partial charge in [-0.1, -0.05) is 0 Å². The second kappa shape index (κ2) is 7.80. The molecule has 0 spiro atoms. The maximum absolute atomic E-state index is 5.79. The Kier molecular flexibility index (Phi) is 5.78. The number of aromatic amines is 1. The number of hydrogen-bond acceptors (Lipinski definition) is 5. The molecule has 0 saturated carbocycles. The molecule has 0 radical (unpaired) electrons. The van der Waals surface area contributed by atoms with Gasteiger partial charge < -0.3 is 19.2 Å². The third-order valence-electron chi connectivity index (χ3n) is 3.25. The molecule has 7 heteroatoms. The molecule has 2 aromatic heterocycles.